The molecule has 10 heteroatoms. The summed E-state index contributed by atoms with van der Waals surface area (Å²) in [6.07, 6.45) is 7.68. The van der Waals surface area contributed by atoms with Crippen molar-refractivity contribution in [3.8, 4) is 11.5 Å². The maximum Gasteiger partial charge on any atom is 0.268 e. The van der Waals surface area contributed by atoms with Crippen LogP contribution < -0.4 is 14.2 Å². The number of rotatable bonds is 9. The molecule has 2 aromatic carbocycles. The van der Waals surface area contributed by atoms with E-state index in [0.717, 1.165) is 43.4 Å². The molecule has 1 aliphatic rings. The van der Waals surface area contributed by atoms with Crippen molar-refractivity contribution in [3.05, 3.63) is 82.9 Å². The minimum Gasteiger partial charge on any atom is -0.492 e. The van der Waals surface area contributed by atoms with Gasteiger partial charge in [0.25, 0.3) is 15.9 Å². The monoisotopic (exact) mass is 518 g/mol. The average molecular weight is 519 g/mol. The van der Waals surface area contributed by atoms with Gasteiger partial charge < -0.3 is 9.47 Å². The van der Waals surface area contributed by atoms with Crippen molar-refractivity contribution in [2.45, 2.75) is 37.2 Å². The van der Waals surface area contributed by atoms with Gasteiger partial charge in [-0.2, -0.15) is 0 Å². The first-order valence-electron chi connectivity index (χ1n) is 11.1. The number of amides is 1. The van der Waals surface area contributed by atoms with E-state index in [1.807, 2.05) is 4.72 Å². The molecule has 184 valence electrons. The van der Waals surface area contributed by atoms with E-state index >= 15 is 0 Å². The summed E-state index contributed by atoms with van der Waals surface area (Å²) in [6.45, 7) is 0.701. The van der Waals surface area contributed by atoms with Gasteiger partial charge in [-0.25, -0.2) is 17.5 Å². The van der Waals surface area contributed by atoms with Gasteiger partial charge in [0.15, 0.2) is 0 Å². The predicted molar refractivity (Wildman–Crippen MR) is 129 cm³/mol. The summed E-state index contributed by atoms with van der Waals surface area (Å²) in [5.74, 6) is -1.10. The molecule has 0 spiro atoms. The van der Waals surface area contributed by atoms with Gasteiger partial charge in [0.05, 0.1) is 22.1 Å². The van der Waals surface area contributed by atoms with Crippen molar-refractivity contribution in [2.75, 3.05) is 6.61 Å². The molecule has 1 aliphatic carbocycles. The van der Waals surface area contributed by atoms with Crippen molar-refractivity contribution in [3.63, 3.8) is 0 Å². The summed E-state index contributed by atoms with van der Waals surface area (Å²) < 4.78 is 53.1. The number of sulfonamides is 1. The van der Waals surface area contributed by atoms with Gasteiger partial charge in [-0.1, -0.05) is 24.4 Å². The van der Waals surface area contributed by atoms with E-state index in [1.54, 1.807) is 24.5 Å². The summed E-state index contributed by atoms with van der Waals surface area (Å²) in [6, 6.07) is 11.2. The van der Waals surface area contributed by atoms with Crippen molar-refractivity contribution in [1.29, 1.82) is 0 Å². The van der Waals surface area contributed by atoms with Crippen LogP contribution in [0.3, 0.4) is 0 Å². The Kier molecular flexibility index (Phi) is 7.87. The minimum atomic E-state index is -4.26. The van der Waals surface area contributed by atoms with Crippen LogP contribution in [0.5, 0.6) is 11.5 Å². The Hall–Kier alpha value is -3.17. The van der Waals surface area contributed by atoms with Gasteiger partial charge in [0, 0.05) is 18.5 Å². The third-order valence-electron chi connectivity index (χ3n) is 5.73. The van der Waals surface area contributed by atoms with Crippen LogP contribution in [-0.2, 0) is 16.6 Å². The number of aromatic nitrogens is 1. The molecule has 1 N–H and O–H groups in total. The van der Waals surface area contributed by atoms with Gasteiger partial charge in [-0.15, -0.1) is 0 Å². The first kappa shape index (κ1) is 24.9. The number of halogens is 2. The zero-order valence-electron chi connectivity index (χ0n) is 18.7. The van der Waals surface area contributed by atoms with Crippen molar-refractivity contribution in [2.24, 2.45) is 5.92 Å². The normalized spacial score (nSPS) is 14.0. The average Bonchev–Trinajstić information content (AvgIpc) is 3.37. The number of hydrogen-bond acceptors (Lipinski definition) is 6. The van der Waals surface area contributed by atoms with Gasteiger partial charge >= 0.3 is 0 Å². The second-order valence-electron chi connectivity index (χ2n) is 8.27. The number of ether oxygens (including phenoxy) is 2. The fourth-order valence-electron chi connectivity index (χ4n) is 3.79. The third kappa shape index (κ3) is 6.49. The molecule has 1 fully saturated rings. The molecule has 0 radical (unpaired) electrons. The van der Waals surface area contributed by atoms with Crippen LogP contribution in [0, 0.1) is 11.7 Å². The SMILES string of the molecule is O=C(NS(=O)(=O)c1ccc(OCc2ccncc2)cc1)c1cc(Cl)c(OCC2CCCC2)cc1F. The summed E-state index contributed by atoms with van der Waals surface area (Å²) in [5.41, 5.74) is 0.406. The first-order chi connectivity index (χ1) is 16.8. The van der Waals surface area contributed by atoms with Crippen LogP contribution in [0.15, 0.2) is 65.8 Å². The van der Waals surface area contributed by atoms with Crippen LogP contribution in [0.25, 0.3) is 0 Å². The second kappa shape index (κ2) is 11.0. The number of nitrogens with one attached hydrogen (secondary N) is 1. The minimum absolute atomic E-state index is 0.0302. The topological polar surface area (TPSA) is 94.6 Å². The zero-order valence-corrected chi connectivity index (χ0v) is 20.3. The second-order valence-corrected chi connectivity index (χ2v) is 10.4. The van der Waals surface area contributed by atoms with E-state index in [0.29, 0.717) is 18.3 Å². The highest BCUT2D eigenvalue weighted by Crippen LogP contribution is 2.31. The molecule has 0 aliphatic heterocycles. The molecule has 0 unspecified atom stereocenters. The van der Waals surface area contributed by atoms with E-state index in [2.05, 4.69) is 4.98 Å². The molecule has 4 rings (SSSR count). The Labute approximate surface area is 208 Å². The molecule has 35 heavy (non-hydrogen) atoms. The Balaban J connectivity index is 1.39. The van der Waals surface area contributed by atoms with E-state index in [-0.39, 0.29) is 22.3 Å². The Morgan fingerprint density at radius 2 is 1.74 bits per heavy atom. The Morgan fingerprint density at radius 3 is 2.43 bits per heavy atom. The molecule has 0 bridgehead atoms. The lowest BCUT2D eigenvalue weighted by Gasteiger charge is -2.14. The molecule has 0 atom stereocenters. The van der Waals surface area contributed by atoms with Crippen LogP contribution in [0.1, 0.15) is 41.6 Å². The van der Waals surface area contributed by atoms with E-state index in [1.165, 1.54) is 24.3 Å². The van der Waals surface area contributed by atoms with Gasteiger partial charge in [-0.3, -0.25) is 9.78 Å². The zero-order chi connectivity index (χ0) is 24.8. The van der Waals surface area contributed by atoms with Gasteiger partial charge in [-0.05, 0) is 66.8 Å². The lowest BCUT2D eigenvalue weighted by atomic mass is 10.1. The van der Waals surface area contributed by atoms with Crippen LogP contribution in [0.2, 0.25) is 5.02 Å². The smallest absolute Gasteiger partial charge is 0.268 e. The fourth-order valence-corrected chi connectivity index (χ4v) is 4.98. The molecule has 1 heterocycles. The van der Waals surface area contributed by atoms with E-state index in [9.17, 15) is 17.6 Å². The Morgan fingerprint density at radius 1 is 1.06 bits per heavy atom. The van der Waals surface area contributed by atoms with Crippen molar-refractivity contribution in [1.82, 2.24) is 9.71 Å². The molecule has 3 aromatic rings. The maximum atomic E-state index is 14.6. The van der Waals surface area contributed by atoms with Crippen molar-refractivity contribution >= 4 is 27.5 Å². The highest BCUT2D eigenvalue weighted by atomic mass is 35.5. The van der Waals surface area contributed by atoms with E-state index < -0.39 is 27.3 Å². The lowest BCUT2D eigenvalue weighted by molar-refractivity contribution is 0.0977. The third-order valence-corrected chi connectivity index (χ3v) is 7.37. The van der Waals surface area contributed by atoms with Gasteiger partial charge in [0.2, 0.25) is 0 Å². The quantitative estimate of drug-likeness (QED) is 0.421. The first-order valence-corrected chi connectivity index (χ1v) is 13.0. The number of nitrogens with zero attached hydrogens (tertiary/aromatic N) is 1. The summed E-state index contributed by atoms with van der Waals surface area (Å²) >= 11 is 6.17. The number of pyridine rings is 1. The summed E-state index contributed by atoms with van der Waals surface area (Å²) in [4.78, 5) is 16.3. The van der Waals surface area contributed by atoms with Crippen LogP contribution in [0.4, 0.5) is 4.39 Å². The number of hydrogen-bond donors (Lipinski definition) is 1. The molecule has 1 saturated carbocycles. The predicted octanol–water partition coefficient (Wildman–Crippen LogP) is 5.14. The molecular weight excluding hydrogens is 495 g/mol. The lowest BCUT2D eigenvalue weighted by Crippen LogP contribution is -2.31. The Bertz CT molecular complexity index is 1280. The van der Waals surface area contributed by atoms with Crippen LogP contribution >= 0.6 is 11.6 Å². The fraction of sp³-hybridized carbons (Fsp3) is 0.280. The summed E-state index contributed by atoms with van der Waals surface area (Å²) in [7, 11) is -4.26. The maximum absolute atomic E-state index is 14.6. The van der Waals surface area contributed by atoms with Crippen molar-refractivity contribution < 1.29 is 27.1 Å². The molecule has 1 amide bonds. The molecular formula is C25H24ClFN2O5S. The van der Waals surface area contributed by atoms with E-state index in [4.69, 9.17) is 21.1 Å². The highest BCUT2D eigenvalue weighted by Gasteiger charge is 2.23. The molecule has 1 aromatic heterocycles. The highest BCUT2D eigenvalue weighted by molar-refractivity contribution is 7.90. The standard InChI is InChI=1S/C25H24ClFN2O5S/c26-22-13-21(23(27)14-24(22)34-16-17-3-1-2-4-17)25(30)29-35(31,32)20-7-5-19(6-8-20)33-15-18-9-11-28-12-10-18/h5-14,17H,1-4,15-16H2,(H,29,30). The molecule has 0 saturated heterocycles. The largest absolute Gasteiger partial charge is 0.492 e. The molecule has 7 nitrogen and oxygen atoms in total. The van der Waals surface area contributed by atoms with Crippen LogP contribution in [-0.4, -0.2) is 25.9 Å². The number of benzene rings is 2. The van der Waals surface area contributed by atoms with Gasteiger partial charge in [0.1, 0.15) is 23.9 Å². The number of carbonyl (C=O) groups is 1. The summed E-state index contributed by atoms with van der Waals surface area (Å²) in [5, 5.41) is 0.0302. The number of carbonyl (C=O) groups excluding carboxylic acids is 1.